The summed E-state index contributed by atoms with van der Waals surface area (Å²) in [6.07, 6.45) is 1.42. The van der Waals surface area contributed by atoms with Crippen LogP contribution in [-0.2, 0) is 5.88 Å². The van der Waals surface area contributed by atoms with Crippen molar-refractivity contribution in [3.63, 3.8) is 0 Å². The zero-order chi connectivity index (χ0) is 13.8. The second-order valence-corrected chi connectivity index (χ2v) is 4.48. The van der Waals surface area contributed by atoms with Gasteiger partial charge in [0.1, 0.15) is 23.0 Å². The van der Waals surface area contributed by atoms with Crippen molar-refractivity contribution in [2.24, 2.45) is 0 Å². The lowest BCUT2D eigenvalue weighted by atomic mass is 10.2. The number of methoxy groups -OCH3 is 1. The topological polar surface area (TPSA) is 38.2 Å². The Morgan fingerprint density at radius 2 is 1.89 bits per heavy atom. The van der Waals surface area contributed by atoms with Gasteiger partial charge in [0.05, 0.1) is 13.0 Å². The van der Waals surface area contributed by atoms with Gasteiger partial charge in [-0.25, -0.2) is 9.97 Å². The molecule has 0 N–H and O–H groups in total. The number of hydrogen-bond donors (Lipinski definition) is 0. The van der Waals surface area contributed by atoms with Gasteiger partial charge in [-0.3, -0.25) is 0 Å². The SMILES string of the molecule is COc1ccc(N(C)c2ncnc(Cl)c2CCl)cc1. The van der Waals surface area contributed by atoms with Crippen LogP contribution in [0.3, 0.4) is 0 Å². The highest BCUT2D eigenvalue weighted by Gasteiger charge is 2.14. The van der Waals surface area contributed by atoms with Gasteiger partial charge in [-0.2, -0.15) is 0 Å². The molecule has 0 aliphatic rings. The van der Waals surface area contributed by atoms with Crippen molar-refractivity contribution in [3.05, 3.63) is 41.3 Å². The number of ether oxygens (including phenoxy) is 1. The summed E-state index contributed by atoms with van der Waals surface area (Å²) < 4.78 is 5.13. The van der Waals surface area contributed by atoms with E-state index in [1.165, 1.54) is 6.33 Å². The molecular formula is C13H13Cl2N3O. The van der Waals surface area contributed by atoms with E-state index in [-0.39, 0.29) is 5.88 Å². The van der Waals surface area contributed by atoms with Gasteiger partial charge in [0.25, 0.3) is 0 Å². The molecule has 0 unspecified atom stereocenters. The number of halogens is 2. The van der Waals surface area contributed by atoms with Crippen LogP contribution in [-0.4, -0.2) is 24.1 Å². The number of aromatic nitrogens is 2. The first-order chi connectivity index (χ1) is 9.17. The van der Waals surface area contributed by atoms with Crippen molar-refractivity contribution in [2.75, 3.05) is 19.1 Å². The minimum absolute atomic E-state index is 0.259. The van der Waals surface area contributed by atoms with E-state index >= 15 is 0 Å². The van der Waals surface area contributed by atoms with Crippen molar-refractivity contribution in [2.45, 2.75) is 5.88 Å². The van der Waals surface area contributed by atoms with E-state index in [4.69, 9.17) is 27.9 Å². The number of nitrogens with zero attached hydrogens (tertiary/aromatic N) is 3. The Kier molecular flexibility index (Phi) is 4.45. The molecule has 0 spiro atoms. The maximum atomic E-state index is 6.03. The van der Waals surface area contributed by atoms with Crippen LogP contribution >= 0.6 is 23.2 Å². The molecule has 0 bridgehead atoms. The molecule has 0 saturated heterocycles. The van der Waals surface area contributed by atoms with E-state index in [1.54, 1.807) is 7.11 Å². The summed E-state index contributed by atoms with van der Waals surface area (Å²) in [7, 11) is 3.53. The lowest BCUT2D eigenvalue weighted by Crippen LogP contribution is -2.14. The summed E-state index contributed by atoms with van der Waals surface area (Å²) in [4.78, 5) is 10.1. The van der Waals surface area contributed by atoms with Crippen molar-refractivity contribution in [1.29, 1.82) is 0 Å². The lowest BCUT2D eigenvalue weighted by Gasteiger charge is -2.21. The fraction of sp³-hybridized carbons (Fsp3) is 0.231. The second kappa shape index (κ2) is 6.08. The first kappa shape index (κ1) is 13.9. The van der Waals surface area contributed by atoms with Crippen molar-refractivity contribution >= 4 is 34.7 Å². The fourth-order valence-corrected chi connectivity index (χ4v) is 2.22. The average molecular weight is 298 g/mol. The molecule has 2 aromatic rings. The molecule has 0 amide bonds. The second-order valence-electron chi connectivity index (χ2n) is 3.86. The summed E-state index contributed by atoms with van der Waals surface area (Å²) >= 11 is 11.9. The van der Waals surface area contributed by atoms with Gasteiger partial charge >= 0.3 is 0 Å². The minimum atomic E-state index is 0.259. The minimum Gasteiger partial charge on any atom is -0.497 e. The number of rotatable bonds is 4. The van der Waals surface area contributed by atoms with Gasteiger partial charge in [0.2, 0.25) is 0 Å². The molecule has 1 aromatic heterocycles. The Morgan fingerprint density at radius 3 is 2.47 bits per heavy atom. The third-order valence-electron chi connectivity index (χ3n) is 2.78. The number of anilines is 2. The Bertz CT molecular complexity index is 560. The molecule has 6 heteroatoms. The zero-order valence-corrected chi connectivity index (χ0v) is 12.1. The van der Waals surface area contributed by atoms with Crippen LogP contribution in [0, 0.1) is 0 Å². The van der Waals surface area contributed by atoms with E-state index < -0.39 is 0 Å². The lowest BCUT2D eigenvalue weighted by molar-refractivity contribution is 0.415. The van der Waals surface area contributed by atoms with Gasteiger partial charge in [-0.15, -0.1) is 11.6 Å². The van der Waals surface area contributed by atoms with Gasteiger partial charge in [-0.1, -0.05) is 11.6 Å². The molecule has 0 aliphatic carbocycles. The van der Waals surface area contributed by atoms with Crippen LogP contribution in [0.15, 0.2) is 30.6 Å². The predicted octanol–water partition coefficient (Wildman–Crippen LogP) is 3.65. The molecule has 1 heterocycles. The first-order valence-electron chi connectivity index (χ1n) is 5.60. The van der Waals surface area contributed by atoms with Gasteiger partial charge in [-0.05, 0) is 24.3 Å². The van der Waals surface area contributed by atoms with Gasteiger partial charge in [0, 0.05) is 18.3 Å². The van der Waals surface area contributed by atoms with Crippen LogP contribution in [0.2, 0.25) is 5.15 Å². The monoisotopic (exact) mass is 297 g/mol. The largest absolute Gasteiger partial charge is 0.497 e. The van der Waals surface area contributed by atoms with Gasteiger partial charge < -0.3 is 9.64 Å². The smallest absolute Gasteiger partial charge is 0.142 e. The molecule has 0 saturated carbocycles. The van der Waals surface area contributed by atoms with Crippen LogP contribution in [0.25, 0.3) is 0 Å². The zero-order valence-electron chi connectivity index (χ0n) is 10.6. The molecule has 2 rings (SSSR count). The quantitative estimate of drug-likeness (QED) is 0.638. The van der Waals surface area contributed by atoms with E-state index in [9.17, 15) is 0 Å². The Morgan fingerprint density at radius 1 is 1.21 bits per heavy atom. The van der Waals surface area contributed by atoms with Crippen molar-refractivity contribution in [3.8, 4) is 5.75 Å². The fourth-order valence-electron chi connectivity index (χ4n) is 1.71. The van der Waals surface area contributed by atoms with Crippen LogP contribution in [0.1, 0.15) is 5.56 Å². The molecular weight excluding hydrogens is 285 g/mol. The number of hydrogen-bond acceptors (Lipinski definition) is 4. The van der Waals surface area contributed by atoms with E-state index in [0.717, 1.165) is 11.4 Å². The standard InChI is InChI=1S/C13H13Cl2N3O/c1-18(9-3-5-10(19-2)6-4-9)13-11(7-14)12(15)16-8-17-13/h3-6,8H,7H2,1-2H3. The first-order valence-corrected chi connectivity index (χ1v) is 6.51. The molecule has 4 nitrogen and oxygen atoms in total. The summed E-state index contributed by atoms with van der Waals surface area (Å²) in [5.41, 5.74) is 1.67. The van der Waals surface area contributed by atoms with Crippen LogP contribution in [0.5, 0.6) is 5.75 Å². The normalized spacial score (nSPS) is 10.3. The molecule has 1 aromatic carbocycles. The van der Waals surface area contributed by atoms with E-state index in [2.05, 4.69) is 9.97 Å². The maximum absolute atomic E-state index is 6.03. The molecule has 19 heavy (non-hydrogen) atoms. The highest BCUT2D eigenvalue weighted by Crippen LogP contribution is 2.30. The van der Waals surface area contributed by atoms with Crippen LogP contribution < -0.4 is 9.64 Å². The Hall–Kier alpha value is -1.52. The summed E-state index contributed by atoms with van der Waals surface area (Å²) in [5, 5.41) is 0.375. The number of benzene rings is 1. The molecule has 0 aliphatic heterocycles. The molecule has 0 fully saturated rings. The van der Waals surface area contributed by atoms with Gasteiger partial charge in [0.15, 0.2) is 0 Å². The van der Waals surface area contributed by atoms with E-state index in [1.807, 2.05) is 36.2 Å². The highest BCUT2D eigenvalue weighted by atomic mass is 35.5. The predicted molar refractivity (Wildman–Crippen MR) is 77.7 cm³/mol. The number of alkyl halides is 1. The van der Waals surface area contributed by atoms with Crippen molar-refractivity contribution < 1.29 is 4.74 Å². The highest BCUT2D eigenvalue weighted by molar-refractivity contribution is 6.31. The summed E-state index contributed by atoms with van der Waals surface area (Å²) in [6.45, 7) is 0. The Labute approximate surface area is 122 Å². The third-order valence-corrected chi connectivity index (χ3v) is 3.37. The third kappa shape index (κ3) is 2.91. The van der Waals surface area contributed by atoms with Crippen LogP contribution in [0.4, 0.5) is 11.5 Å². The average Bonchev–Trinajstić information content (AvgIpc) is 2.46. The van der Waals surface area contributed by atoms with Crippen molar-refractivity contribution in [1.82, 2.24) is 9.97 Å². The Balaban J connectivity index is 2.37. The molecule has 0 atom stereocenters. The summed E-state index contributed by atoms with van der Waals surface area (Å²) in [5.74, 6) is 1.76. The van der Waals surface area contributed by atoms with E-state index in [0.29, 0.717) is 16.5 Å². The molecule has 0 radical (unpaired) electrons. The molecule has 100 valence electrons. The summed E-state index contributed by atoms with van der Waals surface area (Å²) in [6, 6.07) is 7.64. The maximum Gasteiger partial charge on any atom is 0.142 e.